The first-order valence-corrected chi connectivity index (χ1v) is 8.33. The van der Waals surface area contributed by atoms with Gasteiger partial charge in [-0.25, -0.2) is 18.1 Å². The lowest BCUT2D eigenvalue weighted by atomic mass is 10.0. The highest BCUT2D eigenvalue weighted by molar-refractivity contribution is 7.89. The second-order valence-electron chi connectivity index (χ2n) is 6.20. The van der Waals surface area contributed by atoms with E-state index < -0.39 is 21.5 Å². The maximum absolute atomic E-state index is 12.9. The molecule has 6 heteroatoms. The van der Waals surface area contributed by atoms with Gasteiger partial charge in [0.05, 0.1) is 4.90 Å². The van der Waals surface area contributed by atoms with Crippen LogP contribution in [0, 0.1) is 12.9 Å². The highest BCUT2D eigenvalue weighted by Crippen LogP contribution is 2.25. The molecule has 1 aromatic heterocycles. The van der Waals surface area contributed by atoms with Crippen LogP contribution in [0.2, 0.25) is 0 Å². The van der Waals surface area contributed by atoms with E-state index in [1.807, 2.05) is 6.92 Å². The third-order valence-corrected chi connectivity index (χ3v) is 4.74. The number of rotatable bonds is 3. The van der Waals surface area contributed by atoms with Crippen molar-refractivity contribution in [3.63, 3.8) is 0 Å². The van der Waals surface area contributed by atoms with Gasteiger partial charge in [-0.1, -0.05) is 6.07 Å². The Balaban J connectivity index is 2.40. The van der Waals surface area contributed by atoms with Crippen molar-refractivity contribution in [3.05, 3.63) is 48.0 Å². The number of hydrogen-bond acceptors (Lipinski definition) is 3. The van der Waals surface area contributed by atoms with E-state index in [2.05, 4.69) is 9.71 Å². The van der Waals surface area contributed by atoms with Crippen molar-refractivity contribution in [2.45, 2.75) is 38.1 Å². The zero-order valence-corrected chi connectivity index (χ0v) is 13.8. The van der Waals surface area contributed by atoms with Crippen LogP contribution in [0.5, 0.6) is 0 Å². The molecule has 0 atom stereocenters. The van der Waals surface area contributed by atoms with Gasteiger partial charge in [0.1, 0.15) is 0 Å². The van der Waals surface area contributed by atoms with E-state index in [4.69, 9.17) is 0 Å². The fraction of sp³-hybridized carbons (Fsp3) is 0.312. The Kier molecular flexibility index (Phi) is 4.35. The molecule has 0 fully saturated rings. The summed E-state index contributed by atoms with van der Waals surface area (Å²) in [6, 6.07) is 7.75. The van der Waals surface area contributed by atoms with E-state index in [9.17, 15) is 12.8 Å². The van der Waals surface area contributed by atoms with Crippen LogP contribution >= 0.6 is 0 Å². The molecule has 118 valence electrons. The standard InChI is InChI=1S/C16H19FN2O2S/c1-11-9-13(22(20,21)19-16(2,3)4)6-7-14(11)12-5-8-15(17)18-10-12/h5-10,19H,1-4H3. The van der Waals surface area contributed by atoms with Crippen molar-refractivity contribution >= 4 is 10.0 Å². The minimum absolute atomic E-state index is 0.207. The number of benzene rings is 1. The molecule has 0 radical (unpaired) electrons. The van der Waals surface area contributed by atoms with Crippen molar-refractivity contribution in [1.82, 2.24) is 9.71 Å². The molecule has 1 aromatic carbocycles. The zero-order valence-electron chi connectivity index (χ0n) is 13.0. The number of nitrogens with one attached hydrogen (secondary N) is 1. The van der Waals surface area contributed by atoms with Crippen LogP contribution in [-0.4, -0.2) is 18.9 Å². The topological polar surface area (TPSA) is 59.1 Å². The van der Waals surface area contributed by atoms with Gasteiger partial charge in [-0.3, -0.25) is 0 Å². The second-order valence-corrected chi connectivity index (χ2v) is 7.88. The maximum Gasteiger partial charge on any atom is 0.241 e. The van der Waals surface area contributed by atoms with Gasteiger partial charge in [-0.2, -0.15) is 4.39 Å². The number of aromatic nitrogens is 1. The Morgan fingerprint density at radius 2 is 1.82 bits per heavy atom. The van der Waals surface area contributed by atoms with Gasteiger partial charge in [0, 0.05) is 17.3 Å². The molecule has 0 amide bonds. The molecule has 0 spiro atoms. The van der Waals surface area contributed by atoms with Crippen LogP contribution in [0.1, 0.15) is 26.3 Å². The lowest BCUT2D eigenvalue weighted by Crippen LogP contribution is -2.40. The van der Waals surface area contributed by atoms with Crippen molar-refractivity contribution in [3.8, 4) is 11.1 Å². The fourth-order valence-corrected chi connectivity index (χ4v) is 3.63. The summed E-state index contributed by atoms with van der Waals surface area (Å²) >= 11 is 0. The van der Waals surface area contributed by atoms with Crippen LogP contribution in [0.25, 0.3) is 11.1 Å². The molecule has 22 heavy (non-hydrogen) atoms. The Morgan fingerprint density at radius 3 is 2.32 bits per heavy atom. The minimum Gasteiger partial charge on any atom is -0.228 e. The van der Waals surface area contributed by atoms with Gasteiger partial charge >= 0.3 is 0 Å². The van der Waals surface area contributed by atoms with Crippen molar-refractivity contribution < 1.29 is 12.8 Å². The summed E-state index contributed by atoms with van der Waals surface area (Å²) in [4.78, 5) is 3.83. The SMILES string of the molecule is Cc1cc(S(=O)(=O)NC(C)(C)C)ccc1-c1ccc(F)nc1. The third-order valence-electron chi connectivity index (χ3n) is 2.99. The van der Waals surface area contributed by atoms with Gasteiger partial charge in [0.25, 0.3) is 0 Å². The first kappa shape index (κ1) is 16.6. The molecule has 0 unspecified atom stereocenters. The molecule has 2 rings (SSSR count). The Morgan fingerprint density at radius 1 is 1.14 bits per heavy atom. The maximum atomic E-state index is 12.9. The summed E-state index contributed by atoms with van der Waals surface area (Å²) in [5.41, 5.74) is 1.80. The summed E-state index contributed by atoms with van der Waals surface area (Å²) in [6.45, 7) is 7.18. The molecular formula is C16H19FN2O2S. The lowest BCUT2D eigenvalue weighted by molar-refractivity contribution is 0.491. The number of sulfonamides is 1. The molecule has 1 N–H and O–H groups in total. The van der Waals surface area contributed by atoms with Crippen LogP contribution in [-0.2, 0) is 10.0 Å². The van der Waals surface area contributed by atoms with Gasteiger partial charge in [0.2, 0.25) is 16.0 Å². The van der Waals surface area contributed by atoms with E-state index in [0.29, 0.717) is 0 Å². The van der Waals surface area contributed by atoms with Gasteiger partial charge in [-0.05, 0) is 63.1 Å². The largest absolute Gasteiger partial charge is 0.241 e. The number of pyridine rings is 1. The average molecular weight is 322 g/mol. The van der Waals surface area contributed by atoms with Gasteiger partial charge < -0.3 is 0 Å². The summed E-state index contributed by atoms with van der Waals surface area (Å²) in [7, 11) is -3.57. The molecule has 0 aliphatic rings. The first-order valence-electron chi connectivity index (χ1n) is 6.85. The fourth-order valence-electron chi connectivity index (χ4n) is 2.12. The summed E-state index contributed by atoms with van der Waals surface area (Å²) in [5, 5.41) is 0. The van der Waals surface area contributed by atoms with Crippen molar-refractivity contribution in [2.75, 3.05) is 0 Å². The molecule has 0 saturated carbocycles. The highest BCUT2D eigenvalue weighted by Gasteiger charge is 2.22. The quantitative estimate of drug-likeness (QED) is 0.882. The van der Waals surface area contributed by atoms with Crippen LogP contribution in [0.15, 0.2) is 41.4 Å². The normalized spacial score (nSPS) is 12.4. The van der Waals surface area contributed by atoms with E-state index in [1.165, 1.54) is 12.3 Å². The molecule has 2 aromatic rings. The van der Waals surface area contributed by atoms with Crippen molar-refractivity contribution in [1.29, 1.82) is 0 Å². The summed E-state index contributed by atoms with van der Waals surface area (Å²) in [6.07, 6.45) is 1.43. The van der Waals surface area contributed by atoms with Gasteiger partial charge in [0.15, 0.2) is 0 Å². The van der Waals surface area contributed by atoms with Gasteiger partial charge in [-0.15, -0.1) is 0 Å². The molecule has 4 nitrogen and oxygen atoms in total. The predicted octanol–water partition coefficient (Wildman–Crippen LogP) is 3.27. The smallest absolute Gasteiger partial charge is 0.228 e. The van der Waals surface area contributed by atoms with Crippen LogP contribution < -0.4 is 4.72 Å². The van der Waals surface area contributed by atoms with Crippen LogP contribution in [0.4, 0.5) is 4.39 Å². The van der Waals surface area contributed by atoms with E-state index in [1.54, 1.807) is 45.0 Å². The number of hydrogen-bond donors (Lipinski definition) is 1. The average Bonchev–Trinajstić information content (AvgIpc) is 2.37. The summed E-state index contributed by atoms with van der Waals surface area (Å²) < 4.78 is 40.1. The lowest BCUT2D eigenvalue weighted by Gasteiger charge is -2.20. The second kappa shape index (κ2) is 5.78. The molecular weight excluding hydrogens is 303 g/mol. The van der Waals surface area contributed by atoms with E-state index >= 15 is 0 Å². The van der Waals surface area contributed by atoms with E-state index in [0.717, 1.165) is 16.7 Å². The van der Waals surface area contributed by atoms with E-state index in [-0.39, 0.29) is 4.90 Å². The molecule has 0 aliphatic carbocycles. The Hall–Kier alpha value is -1.79. The first-order chi connectivity index (χ1) is 10.1. The number of nitrogens with zero attached hydrogens (tertiary/aromatic N) is 1. The predicted molar refractivity (Wildman–Crippen MR) is 84.4 cm³/mol. The zero-order chi connectivity index (χ0) is 16.5. The highest BCUT2D eigenvalue weighted by atomic mass is 32.2. The summed E-state index contributed by atoms with van der Waals surface area (Å²) in [5.74, 6) is -0.546. The monoisotopic (exact) mass is 322 g/mol. The number of aryl methyl sites for hydroxylation is 1. The number of halogens is 1. The third kappa shape index (κ3) is 3.90. The molecule has 0 bridgehead atoms. The Labute approximate surface area is 130 Å². The molecule has 0 saturated heterocycles. The Bertz CT molecular complexity index is 779. The molecule has 1 heterocycles. The van der Waals surface area contributed by atoms with Crippen LogP contribution in [0.3, 0.4) is 0 Å². The molecule has 0 aliphatic heterocycles. The minimum atomic E-state index is -3.57. The van der Waals surface area contributed by atoms with Crippen molar-refractivity contribution in [2.24, 2.45) is 0 Å².